The van der Waals surface area contributed by atoms with Gasteiger partial charge in [-0.1, -0.05) is 0 Å². The summed E-state index contributed by atoms with van der Waals surface area (Å²) in [6, 6.07) is 0. The zero-order valence-electron chi connectivity index (χ0n) is 3.84. The Morgan fingerprint density at radius 1 is 1.44 bits per heavy atom. The van der Waals surface area contributed by atoms with Gasteiger partial charge in [-0.3, -0.25) is 0 Å². The Balaban J connectivity index is 3.36. The number of nitrogens with zero attached hydrogens (tertiary/aromatic N) is 5. The Morgan fingerprint density at radius 3 is 2.78 bits per heavy atom. The van der Waals surface area contributed by atoms with Crippen molar-refractivity contribution in [2.45, 2.75) is 0 Å². The van der Waals surface area contributed by atoms with E-state index in [1.165, 1.54) is 0 Å². The second kappa shape index (κ2) is 7.22. The standard InChI is InChI=1S/FHN6.O.Pt/c1-3-5-7-6-4-2;;/h(H,3,4,7);;. The molecule has 0 aromatic carbocycles. The first-order valence-corrected chi connectivity index (χ1v) is 3.43. The Morgan fingerprint density at radius 2 is 2.22 bits per heavy atom. The van der Waals surface area contributed by atoms with Gasteiger partial charge in [-0.05, 0) is 0 Å². The van der Waals surface area contributed by atoms with Crippen LogP contribution in [0.4, 0.5) is 4.48 Å². The first-order chi connectivity index (χ1) is 4.41. The maximum atomic E-state index is 10.7. The van der Waals surface area contributed by atoms with Gasteiger partial charge < -0.3 is 0 Å². The first kappa shape index (κ1) is 8.22. The first-order valence-electron chi connectivity index (χ1n) is 1.49. The zero-order valence-corrected chi connectivity index (χ0v) is 6.11. The van der Waals surface area contributed by atoms with E-state index in [9.17, 15) is 7.88 Å². The molecule has 0 aliphatic carbocycles. The van der Waals surface area contributed by atoms with E-state index in [0.717, 1.165) is 0 Å². The molecule has 0 aliphatic heterocycles. The Labute approximate surface area is 57.0 Å². The summed E-state index contributed by atoms with van der Waals surface area (Å²) in [6.45, 7) is 0. The monoisotopic (exact) mass is 315 g/mol. The van der Waals surface area contributed by atoms with Gasteiger partial charge in [0.25, 0.3) is 0 Å². The van der Waals surface area contributed by atoms with Gasteiger partial charge in [0.05, 0.1) is 0 Å². The van der Waals surface area contributed by atoms with Crippen molar-refractivity contribution in [2.75, 3.05) is 0 Å². The SMILES string of the molecule is [O]=[Pt]=[N]N/N=N/N=N/F. The predicted molar refractivity (Wildman–Crippen MR) is 17.1 cm³/mol. The van der Waals surface area contributed by atoms with Crippen LogP contribution in [-0.2, 0) is 21.7 Å². The van der Waals surface area contributed by atoms with Gasteiger partial charge >= 0.3 is 56.4 Å². The molecule has 0 saturated carbocycles. The van der Waals surface area contributed by atoms with Crippen molar-refractivity contribution in [1.82, 2.24) is 5.53 Å². The van der Waals surface area contributed by atoms with Crippen LogP contribution in [0.5, 0.6) is 0 Å². The van der Waals surface area contributed by atoms with E-state index in [0.29, 0.717) is 0 Å². The molecule has 0 aromatic rings. The molecule has 0 fully saturated rings. The summed E-state index contributed by atoms with van der Waals surface area (Å²) >= 11 is -1.48. The third kappa shape index (κ3) is 7.22. The molecule has 1 N–H and O–H groups in total. The zero-order chi connectivity index (χ0) is 6.95. The van der Waals surface area contributed by atoms with Crippen molar-refractivity contribution < 1.29 is 26.2 Å². The van der Waals surface area contributed by atoms with Crippen LogP contribution < -0.4 is 5.53 Å². The molecule has 0 bridgehead atoms. The molecule has 9 heteroatoms. The minimum atomic E-state index is -1.48. The fourth-order valence-corrected chi connectivity index (χ4v) is 0.277. The van der Waals surface area contributed by atoms with Gasteiger partial charge in [-0.2, -0.15) is 0 Å². The summed E-state index contributed by atoms with van der Waals surface area (Å²) in [4.78, 5) is 0. The molecule has 0 spiro atoms. The third-order valence-corrected chi connectivity index (χ3v) is 0.658. The second-order valence-corrected chi connectivity index (χ2v) is 1.51. The van der Waals surface area contributed by atoms with Crippen LogP contribution in [0.25, 0.3) is 0 Å². The number of halogens is 1. The summed E-state index contributed by atoms with van der Waals surface area (Å²) in [5.41, 5.74) is 1.87. The van der Waals surface area contributed by atoms with E-state index < -0.39 is 18.3 Å². The fraction of sp³-hybridized carbons (Fsp3) is 0. The summed E-state index contributed by atoms with van der Waals surface area (Å²) in [5, 5.41) is 9.79. The van der Waals surface area contributed by atoms with Gasteiger partial charge in [0, 0.05) is 0 Å². The predicted octanol–water partition coefficient (Wildman–Crippen LogP) is 0.722. The maximum absolute atomic E-state index is 10.7. The number of hydrogen-bond acceptors (Lipinski definition) is 4. The van der Waals surface area contributed by atoms with Crippen LogP contribution in [0.3, 0.4) is 0 Å². The molecule has 0 heterocycles. The number of nitrogens with one attached hydrogen (secondary N) is 1. The van der Waals surface area contributed by atoms with E-state index in [4.69, 9.17) is 0 Å². The molecule has 0 unspecified atom stereocenters. The normalized spacial score (nSPS) is 11.2. The molecule has 0 aromatic heterocycles. The molecular formula is HFN6OPt. The fourth-order valence-electron chi connectivity index (χ4n) is 0.0822. The molecule has 0 atom stereocenters. The van der Waals surface area contributed by atoms with Crippen LogP contribution >= 0.6 is 0 Å². The molecular weight excluding hydrogens is 314 g/mol. The summed E-state index contributed by atoms with van der Waals surface area (Å²) in [6.07, 6.45) is 0. The topological polar surface area (TPSA) is 90.9 Å². The average molecular weight is 315 g/mol. The van der Waals surface area contributed by atoms with Crippen molar-refractivity contribution in [3.05, 3.63) is 0 Å². The van der Waals surface area contributed by atoms with Crippen molar-refractivity contribution in [3.63, 3.8) is 0 Å². The molecule has 0 aliphatic rings. The average Bonchev–Trinajstić information content (AvgIpc) is 1.89. The van der Waals surface area contributed by atoms with Crippen molar-refractivity contribution in [3.8, 4) is 0 Å². The number of hydrogen-bond donors (Lipinski definition) is 1. The van der Waals surface area contributed by atoms with E-state index in [-0.39, 0.29) is 0 Å². The van der Waals surface area contributed by atoms with Gasteiger partial charge in [-0.15, -0.1) is 0 Å². The molecule has 0 amide bonds. The minimum absolute atomic E-state index is 1.48. The Hall–Kier alpha value is -0.782. The quantitative estimate of drug-likeness (QED) is 0.614. The molecule has 54 valence electrons. The van der Waals surface area contributed by atoms with Crippen molar-refractivity contribution >= 4 is 0 Å². The van der Waals surface area contributed by atoms with Gasteiger partial charge in [0.15, 0.2) is 0 Å². The van der Waals surface area contributed by atoms with E-state index in [2.05, 4.69) is 19.3 Å². The third-order valence-electron chi connectivity index (χ3n) is 0.224. The molecule has 9 heavy (non-hydrogen) atoms. The van der Waals surface area contributed by atoms with E-state index in [1.54, 1.807) is 5.34 Å². The molecule has 0 saturated heterocycles. The summed E-state index contributed by atoms with van der Waals surface area (Å²) in [7, 11) is 0. The van der Waals surface area contributed by atoms with Crippen LogP contribution in [0.1, 0.15) is 0 Å². The van der Waals surface area contributed by atoms with Crippen molar-refractivity contribution in [1.29, 1.82) is 0 Å². The van der Waals surface area contributed by atoms with Crippen LogP contribution in [0, 0.1) is 0 Å². The van der Waals surface area contributed by atoms with E-state index >= 15 is 0 Å². The number of rotatable bonds is 3. The Kier molecular flexibility index (Phi) is 6.59. The molecule has 7 nitrogen and oxygen atoms in total. The van der Waals surface area contributed by atoms with Crippen LogP contribution in [0.15, 0.2) is 24.6 Å². The van der Waals surface area contributed by atoms with Gasteiger partial charge in [-0.25, -0.2) is 0 Å². The van der Waals surface area contributed by atoms with Crippen molar-refractivity contribution in [2.24, 2.45) is 24.6 Å². The Bertz CT molecular complexity index is 156. The molecule has 0 radical (unpaired) electrons. The molecule has 0 rings (SSSR count). The van der Waals surface area contributed by atoms with E-state index in [1.807, 2.05) is 5.53 Å². The van der Waals surface area contributed by atoms with Gasteiger partial charge in [0.1, 0.15) is 0 Å². The summed E-state index contributed by atoms with van der Waals surface area (Å²) in [5.74, 6) is 0. The van der Waals surface area contributed by atoms with Crippen LogP contribution in [0.2, 0.25) is 0 Å². The van der Waals surface area contributed by atoms with Gasteiger partial charge in [0.2, 0.25) is 0 Å². The summed E-state index contributed by atoms with van der Waals surface area (Å²) < 4.78 is 23.4. The second-order valence-electron chi connectivity index (χ2n) is 0.583. The van der Waals surface area contributed by atoms with Crippen LogP contribution in [-0.4, -0.2) is 0 Å².